The predicted molar refractivity (Wildman–Crippen MR) is 116 cm³/mol. The number of hydrogen-bond acceptors (Lipinski definition) is 5. The summed E-state index contributed by atoms with van der Waals surface area (Å²) in [5.41, 5.74) is 2.71. The van der Waals surface area contributed by atoms with Crippen molar-refractivity contribution >= 4 is 39.1 Å². The van der Waals surface area contributed by atoms with Crippen LogP contribution in [0.25, 0.3) is 21.3 Å². The summed E-state index contributed by atoms with van der Waals surface area (Å²) < 4.78 is 1.55. The topological polar surface area (TPSA) is 52.0 Å². The third kappa shape index (κ3) is 3.41. The first-order valence-corrected chi connectivity index (χ1v) is 10.6. The number of benzene rings is 2. The van der Waals surface area contributed by atoms with Gasteiger partial charge in [0.15, 0.2) is 5.16 Å². The van der Waals surface area contributed by atoms with E-state index in [1.807, 2.05) is 66.0 Å². The molecule has 0 unspecified atom stereocenters. The summed E-state index contributed by atoms with van der Waals surface area (Å²) in [6.07, 6.45) is 0. The molecule has 6 heteroatoms. The molecule has 4 rings (SSSR count). The summed E-state index contributed by atoms with van der Waals surface area (Å²) in [7, 11) is 1.71. The second-order valence-corrected chi connectivity index (χ2v) is 8.40. The smallest absolute Gasteiger partial charge is 0.263 e. The largest absolute Gasteiger partial charge is 0.298 e. The number of nitrogens with zero attached hydrogens (tertiary/aromatic N) is 2. The van der Waals surface area contributed by atoms with Gasteiger partial charge in [0.2, 0.25) is 0 Å². The number of rotatable bonds is 5. The first-order chi connectivity index (χ1) is 13.6. The molecule has 0 N–H and O–H groups in total. The van der Waals surface area contributed by atoms with Crippen molar-refractivity contribution in [3.63, 3.8) is 0 Å². The van der Waals surface area contributed by atoms with E-state index < -0.39 is 5.25 Å². The fraction of sp³-hybridized carbons (Fsp3) is 0.136. The number of fused-ring (bicyclic) bond motifs is 1. The molecule has 0 aliphatic rings. The number of aromatic nitrogens is 2. The van der Waals surface area contributed by atoms with Gasteiger partial charge >= 0.3 is 0 Å². The van der Waals surface area contributed by atoms with Crippen molar-refractivity contribution in [3.8, 4) is 11.1 Å². The van der Waals surface area contributed by atoms with Gasteiger partial charge in [0.05, 0.1) is 10.6 Å². The Morgan fingerprint density at radius 1 is 1.07 bits per heavy atom. The van der Waals surface area contributed by atoms with Crippen LogP contribution in [0.4, 0.5) is 0 Å². The van der Waals surface area contributed by atoms with Gasteiger partial charge in [-0.2, -0.15) is 0 Å². The van der Waals surface area contributed by atoms with Crippen LogP contribution < -0.4 is 5.56 Å². The van der Waals surface area contributed by atoms with Crippen LogP contribution in [-0.2, 0) is 11.8 Å². The van der Waals surface area contributed by atoms with Gasteiger partial charge in [-0.25, -0.2) is 4.98 Å². The highest BCUT2D eigenvalue weighted by Crippen LogP contribution is 2.37. The summed E-state index contributed by atoms with van der Waals surface area (Å²) in [6, 6.07) is 19.4. The standard InChI is InChI=1S/C22H18N2O2S2/c1-14(25)19(16-11-7-4-8-12-16)28-22-23-20-18(21(26)24(22)2)17(13-27-20)15-9-5-3-6-10-15/h3-13,19H,1-2H3/t19-/m0/s1. The van der Waals surface area contributed by atoms with E-state index in [0.29, 0.717) is 15.4 Å². The van der Waals surface area contributed by atoms with Gasteiger partial charge in [-0.05, 0) is 18.1 Å². The molecular weight excluding hydrogens is 388 g/mol. The average molecular weight is 407 g/mol. The van der Waals surface area contributed by atoms with Crippen molar-refractivity contribution in [3.05, 3.63) is 82.0 Å². The minimum absolute atomic E-state index is 0.0294. The molecule has 1 atom stereocenters. The number of hydrogen-bond donors (Lipinski definition) is 0. The summed E-state index contributed by atoms with van der Waals surface area (Å²) in [6.45, 7) is 1.57. The molecule has 0 aliphatic heterocycles. The van der Waals surface area contributed by atoms with Crippen LogP contribution in [-0.4, -0.2) is 15.3 Å². The molecule has 140 valence electrons. The van der Waals surface area contributed by atoms with E-state index in [9.17, 15) is 9.59 Å². The number of ketones is 1. The monoisotopic (exact) mass is 406 g/mol. The SMILES string of the molecule is CC(=O)[C@H](Sc1nc2scc(-c3ccccc3)c2c(=O)n1C)c1ccccc1. The lowest BCUT2D eigenvalue weighted by atomic mass is 10.1. The summed E-state index contributed by atoms with van der Waals surface area (Å²) in [5.74, 6) is 0.0294. The lowest BCUT2D eigenvalue weighted by Crippen LogP contribution is -2.20. The zero-order valence-corrected chi connectivity index (χ0v) is 17.1. The Morgan fingerprint density at radius 2 is 1.71 bits per heavy atom. The molecule has 2 heterocycles. The first kappa shape index (κ1) is 18.7. The maximum atomic E-state index is 13.1. The lowest BCUT2D eigenvalue weighted by Gasteiger charge is -2.15. The molecule has 2 aromatic carbocycles. The van der Waals surface area contributed by atoms with Crippen LogP contribution in [0.3, 0.4) is 0 Å². The molecule has 4 aromatic rings. The molecular formula is C22H18N2O2S2. The Bertz CT molecular complexity index is 1200. The Labute approximate surface area is 170 Å². The molecule has 0 saturated heterocycles. The minimum Gasteiger partial charge on any atom is -0.298 e. The number of Topliss-reactive ketones (excluding diaryl/α,β-unsaturated/α-hetero) is 1. The van der Waals surface area contributed by atoms with Crippen molar-refractivity contribution in [1.82, 2.24) is 9.55 Å². The third-order valence-electron chi connectivity index (χ3n) is 4.55. The number of thioether (sulfide) groups is 1. The van der Waals surface area contributed by atoms with Crippen LogP contribution in [0.1, 0.15) is 17.7 Å². The molecule has 0 aliphatic carbocycles. The molecule has 0 fully saturated rings. The summed E-state index contributed by atoms with van der Waals surface area (Å²) in [5, 5.41) is 2.75. The molecule has 0 saturated carbocycles. The zero-order valence-electron chi connectivity index (χ0n) is 15.5. The molecule has 4 nitrogen and oxygen atoms in total. The Balaban J connectivity index is 1.80. The van der Waals surface area contributed by atoms with E-state index in [-0.39, 0.29) is 11.3 Å². The normalized spacial score (nSPS) is 12.2. The average Bonchev–Trinajstić information content (AvgIpc) is 3.14. The summed E-state index contributed by atoms with van der Waals surface area (Å²) in [4.78, 5) is 30.8. The van der Waals surface area contributed by atoms with E-state index in [1.165, 1.54) is 23.1 Å². The van der Waals surface area contributed by atoms with Crippen LogP contribution in [0.15, 0.2) is 76.0 Å². The maximum absolute atomic E-state index is 13.1. The molecule has 0 amide bonds. The highest BCUT2D eigenvalue weighted by molar-refractivity contribution is 8.00. The van der Waals surface area contributed by atoms with Crippen molar-refractivity contribution < 1.29 is 4.79 Å². The summed E-state index contributed by atoms with van der Waals surface area (Å²) >= 11 is 2.77. The Morgan fingerprint density at radius 3 is 2.36 bits per heavy atom. The highest BCUT2D eigenvalue weighted by atomic mass is 32.2. The van der Waals surface area contributed by atoms with Crippen LogP contribution in [0, 0.1) is 0 Å². The molecule has 0 radical (unpaired) electrons. The zero-order chi connectivity index (χ0) is 19.7. The van der Waals surface area contributed by atoms with Gasteiger partial charge in [-0.1, -0.05) is 72.4 Å². The second-order valence-electron chi connectivity index (χ2n) is 6.47. The van der Waals surface area contributed by atoms with Crippen LogP contribution in [0.5, 0.6) is 0 Å². The third-order valence-corrected chi connectivity index (χ3v) is 6.84. The maximum Gasteiger partial charge on any atom is 0.263 e. The molecule has 2 aromatic heterocycles. The van der Waals surface area contributed by atoms with Crippen LogP contribution >= 0.6 is 23.1 Å². The molecule has 28 heavy (non-hydrogen) atoms. The van der Waals surface area contributed by atoms with Gasteiger partial charge in [0, 0.05) is 18.0 Å². The minimum atomic E-state index is -0.398. The fourth-order valence-corrected chi connectivity index (χ4v) is 5.16. The van der Waals surface area contributed by atoms with E-state index >= 15 is 0 Å². The number of carbonyl (C=O) groups excluding carboxylic acids is 1. The van der Waals surface area contributed by atoms with Gasteiger partial charge in [-0.3, -0.25) is 14.2 Å². The quantitative estimate of drug-likeness (QED) is 0.342. The van der Waals surface area contributed by atoms with E-state index in [0.717, 1.165) is 16.7 Å². The van der Waals surface area contributed by atoms with Gasteiger partial charge in [0.1, 0.15) is 10.6 Å². The van der Waals surface area contributed by atoms with Crippen molar-refractivity contribution in [2.24, 2.45) is 7.05 Å². The second kappa shape index (κ2) is 7.73. The van der Waals surface area contributed by atoms with Crippen molar-refractivity contribution in [2.75, 3.05) is 0 Å². The predicted octanol–water partition coefficient (Wildman–Crippen LogP) is 5.08. The Kier molecular flexibility index (Phi) is 5.15. The lowest BCUT2D eigenvalue weighted by molar-refractivity contribution is -0.116. The fourth-order valence-electron chi connectivity index (χ4n) is 3.11. The van der Waals surface area contributed by atoms with E-state index in [2.05, 4.69) is 0 Å². The molecule has 0 bridgehead atoms. The first-order valence-electron chi connectivity index (χ1n) is 8.82. The van der Waals surface area contributed by atoms with E-state index in [1.54, 1.807) is 18.5 Å². The van der Waals surface area contributed by atoms with E-state index in [4.69, 9.17) is 4.98 Å². The van der Waals surface area contributed by atoms with Crippen molar-refractivity contribution in [2.45, 2.75) is 17.3 Å². The van der Waals surface area contributed by atoms with Gasteiger partial charge in [-0.15, -0.1) is 11.3 Å². The molecule has 0 spiro atoms. The Hall–Kier alpha value is -2.70. The number of carbonyl (C=O) groups is 1. The highest BCUT2D eigenvalue weighted by Gasteiger charge is 2.22. The number of thiophene rings is 1. The van der Waals surface area contributed by atoms with Gasteiger partial charge < -0.3 is 0 Å². The van der Waals surface area contributed by atoms with Crippen molar-refractivity contribution in [1.29, 1.82) is 0 Å². The van der Waals surface area contributed by atoms with Crippen LogP contribution in [0.2, 0.25) is 0 Å². The van der Waals surface area contributed by atoms with Gasteiger partial charge in [0.25, 0.3) is 5.56 Å².